The lowest BCUT2D eigenvalue weighted by Crippen LogP contribution is -2.48. The fourth-order valence-electron chi connectivity index (χ4n) is 5.64. The van der Waals surface area contributed by atoms with Gasteiger partial charge in [0, 0.05) is 31.2 Å². The minimum absolute atomic E-state index is 0.139. The second kappa shape index (κ2) is 9.07. The third-order valence-electron chi connectivity index (χ3n) is 7.35. The maximum atomic E-state index is 13.6. The number of benzene rings is 2. The first-order chi connectivity index (χ1) is 15.7. The number of imidazole rings is 1. The summed E-state index contributed by atoms with van der Waals surface area (Å²) in [5, 5.41) is 2.37. The summed E-state index contributed by atoms with van der Waals surface area (Å²) >= 11 is 0. The lowest BCUT2D eigenvalue weighted by atomic mass is 9.99. The van der Waals surface area contributed by atoms with Gasteiger partial charge in [-0.05, 0) is 63.4 Å². The largest absolute Gasteiger partial charge is 0.337 e. The molecule has 3 aromatic rings. The number of hydrogen-bond acceptors (Lipinski definition) is 3. The van der Waals surface area contributed by atoms with Crippen molar-refractivity contribution < 1.29 is 4.79 Å². The van der Waals surface area contributed by atoms with Gasteiger partial charge in [0.15, 0.2) is 0 Å². The molecule has 1 amide bonds. The smallest absolute Gasteiger partial charge is 0.272 e. The topological polar surface area (TPSA) is 41.4 Å². The van der Waals surface area contributed by atoms with Crippen LogP contribution in [0.2, 0.25) is 0 Å². The predicted octanol–water partition coefficient (Wildman–Crippen LogP) is 5.12. The van der Waals surface area contributed by atoms with Crippen molar-refractivity contribution in [2.75, 3.05) is 26.2 Å². The van der Waals surface area contributed by atoms with Crippen LogP contribution in [-0.2, 0) is 6.54 Å². The van der Waals surface area contributed by atoms with Crippen molar-refractivity contribution in [3.63, 3.8) is 0 Å². The molecule has 5 nitrogen and oxygen atoms in total. The number of carbonyl (C=O) groups excluding carboxylic acids is 1. The van der Waals surface area contributed by atoms with Crippen LogP contribution < -0.4 is 0 Å². The lowest BCUT2D eigenvalue weighted by molar-refractivity contribution is 0.0580. The van der Waals surface area contributed by atoms with Gasteiger partial charge in [-0.15, -0.1) is 0 Å². The number of aryl methyl sites for hydroxylation is 1. The van der Waals surface area contributed by atoms with Gasteiger partial charge in [0.2, 0.25) is 0 Å². The van der Waals surface area contributed by atoms with Crippen molar-refractivity contribution in [3.8, 4) is 11.4 Å². The van der Waals surface area contributed by atoms with E-state index in [9.17, 15) is 4.79 Å². The average molecular weight is 431 g/mol. The quantitative estimate of drug-likeness (QED) is 0.577. The molecule has 32 heavy (non-hydrogen) atoms. The van der Waals surface area contributed by atoms with Crippen LogP contribution in [0.5, 0.6) is 0 Å². The van der Waals surface area contributed by atoms with Crippen molar-refractivity contribution in [3.05, 3.63) is 53.9 Å². The molecule has 0 unspecified atom stereocenters. The molecule has 0 bridgehead atoms. The Balaban J connectivity index is 1.41. The van der Waals surface area contributed by atoms with Crippen LogP contribution in [0, 0.1) is 6.92 Å². The summed E-state index contributed by atoms with van der Waals surface area (Å²) in [7, 11) is 0. The summed E-state index contributed by atoms with van der Waals surface area (Å²) in [5.41, 5.74) is 2.68. The van der Waals surface area contributed by atoms with E-state index in [1.165, 1.54) is 43.1 Å². The van der Waals surface area contributed by atoms with Crippen molar-refractivity contribution in [2.24, 2.45) is 0 Å². The zero-order chi connectivity index (χ0) is 22.1. The normalized spacial score (nSPS) is 18.4. The van der Waals surface area contributed by atoms with Gasteiger partial charge in [0.1, 0.15) is 11.5 Å². The zero-order valence-electron chi connectivity index (χ0n) is 19.4. The van der Waals surface area contributed by atoms with Gasteiger partial charge < -0.3 is 14.4 Å². The van der Waals surface area contributed by atoms with Gasteiger partial charge in [0.05, 0.1) is 5.69 Å². The summed E-state index contributed by atoms with van der Waals surface area (Å²) in [6.45, 7) is 8.97. The highest BCUT2D eigenvalue weighted by atomic mass is 16.2. The van der Waals surface area contributed by atoms with Gasteiger partial charge in [-0.25, -0.2) is 4.98 Å². The molecule has 2 aliphatic heterocycles. The van der Waals surface area contributed by atoms with Crippen LogP contribution in [0.1, 0.15) is 55.2 Å². The maximum absolute atomic E-state index is 13.6. The third kappa shape index (κ3) is 3.83. The highest BCUT2D eigenvalue weighted by Gasteiger charge is 2.31. The van der Waals surface area contributed by atoms with Crippen LogP contribution in [0.4, 0.5) is 0 Å². The van der Waals surface area contributed by atoms with Crippen LogP contribution in [0.3, 0.4) is 0 Å². The van der Waals surface area contributed by atoms with Crippen LogP contribution in [0.25, 0.3) is 22.2 Å². The van der Waals surface area contributed by atoms with Crippen molar-refractivity contribution in [2.45, 2.75) is 58.5 Å². The molecule has 0 radical (unpaired) electrons. The molecular formula is C27H34N4O. The van der Waals surface area contributed by atoms with E-state index in [2.05, 4.69) is 63.8 Å². The third-order valence-corrected chi connectivity index (χ3v) is 7.35. The zero-order valence-corrected chi connectivity index (χ0v) is 19.4. The number of aromatic nitrogens is 2. The van der Waals surface area contributed by atoms with Gasteiger partial charge in [-0.2, -0.15) is 0 Å². The molecule has 0 atom stereocenters. The SMILES string of the molecule is CCn1c(-c2cccc3ccccc23)nc(C)c1C(=O)N1CCC(N2CCCCC2)CC1. The molecule has 5 rings (SSSR count). The van der Waals surface area contributed by atoms with E-state index in [4.69, 9.17) is 4.98 Å². The van der Waals surface area contributed by atoms with E-state index >= 15 is 0 Å². The molecule has 0 spiro atoms. The van der Waals surface area contributed by atoms with E-state index in [0.717, 1.165) is 55.3 Å². The Kier molecular flexibility index (Phi) is 6.01. The van der Waals surface area contributed by atoms with Gasteiger partial charge in [-0.1, -0.05) is 48.9 Å². The van der Waals surface area contributed by atoms with Crippen LogP contribution in [-0.4, -0.2) is 57.5 Å². The Bertz CT molecular complexity index is 1100. The highest BCUT2D eigenvalue weighted by molar-refractivity contribution is 5.98. The van der Waals surface area contributed by atoms with Crippen molar-refractivity contribution in [1.29, 1.82) is 0 Å². The molecule has 1 aromatic heterocycles. The minimum Gasteiger partial charge on any atom is -0.337 e. The monoisotopic (exact) mass is 430 g/mol. The molecule has 2 aromatic carbocycles. The minimum atomic E-state index is 0.139. The first-order valence-electron chi connectivity index (χ1n) is 12.3. The molecule has 0 aliphatic carbocycles. The first-order valence-corrected chi connectivity index (χ1v) is 12.3. The number of rotatable bonds is 4. The van der Waals surface area contributed by atoms with Crippen molar-refractivity contribution >= 4 is 16.7 Å². The first kappa shape index (κ1) is 21.2. The number of fused-ring (bicyclic) bond motifs is 1. The fraction of sp³-hybridized carbons (Fsp3) is 0.481. The number of carbonyl (C=O) groups is 1. The standard InChI is InChI=1S/C27H34N4O/c1-3-31-25(27(32)30-18-14-22(15-19-30)29-16-7-4-8-17-29)20(2)28-26(31)24-13-9-11-21-10-5-6-12-23(21)24/h5-6,9-13,22H,3-4,7-8,14-19H2,1-2H3. The van der Waals surface area contributed by atoms with Gasteiger partial charge in [0.25, 0.3) is 5.91 Å². The molecule has 3 heterocycles. The second-order valence-electron chi connectivity index (χ2n) is 9.26. The second-order valence-corrected chi connectivity index (χ2v) is 9.26. The van der Waals surface area contributed by atoms with Crippen molar-refractivity contribution in [1.82, 2.24) is 19.4 Å². The van der Waals surface area contributed by atoms with E-state index in [0.29, 0.717) is 6.04 Å². The summed E-state index contributed by atoms with van der Waals surface area (Å²) < 4.78 is 2.12. The molecule has 5 heteroatoms. The molecular weight excluding hydrogens is 396 g/mol. The molecule has 168 valence electrons. The predicted molar refractivity (Wildman–Crippen MR) is 130 cm³/mol. The maximum Gasteiger partial charge on any atom is 0.272 e. The van der Waals surface area contributed by atoms with E-state index in [-0.39, 0.29) is 5.91 Å². The lowest BCUT2D eigenvalue weighted by Gasteiger charge is -2.40. The number of amides is 1. The summed E-state index contributed by atoms with van der Waals surface area (Å²) in [5.74, 6) is 1.04. The number of piperidine rings is 2. The Hall–Kier alpha value is -2.66. The fourth-order valence-corrected chi connectivity index (χ4v) is 5.64. The van der Waals surface area contributed by atoms with Gasteiger partial charge >= 0.3 is 0 Å². The summed E-state index contributed by atoms with van der Waals surface area (Å²) in [4.78, 5) is 23.3. The molecule has 2 saturated heterocycles. The highest BCUT2D eigenvalue weighted by Crippen LogP contribution is 2.31. The Morgan fingerprint density at radius 1 is 0.969 bits per heavy atom. The molecule has 2 aliphatic rings. The van der Waals surface area contributed by atoms with Crippen LogP contribution >= 0.6 is 0 Å². The number of nitrogens with zero attached hydrogens (tertiary/aromatic N) is 4. The van der Waals surface area contributed by atoms with E-state index in [1.807, 2.05) is 6.92 Å². The Morgan fingerprint density at radius 3 is 2.44 bits per heavy atom. The van der Waals surface area contributed by atoms with Crippen LogP contribution in [0.15, 0.2) is 42.5 Å². The number of hydrogen-bond donors (Lipinski definition) is 0. The Morgan fingerprint density at radius 2 is 1.69 bits per heavy atom. The average Bonchev–Trinajstić information content (AvgIpc) is 3.19. The molecule has 0 saturated carbocycles. The number of likely N-dealkylation sites (tertiary alicyclic amines) is 2. The van der Waals surface area contributed by atoms with E-state index in [1.54, 1.807) is 0 Å². The summed E-state index contributed by atoms with van der Waals surface area (Å²) in [6, 6.07) is 15.4. The summed E-state index contributed by atoms with van der Waals surface area (Å²) in [6.07, 6.45) is 6.19. The van der Waals surface area contributed by atoms with E-state index < -0.39 is 0 Å². The Labute approximate surface area is 191 Å². The molecule has 2 fully saturated rings. The van der Waals surface area contributed by atoms with Gasteiger partial charge in [-0.3, -0.25) is 4.79 Å². The molecule has 0 N–H and O–H groups in total.